The number of hydrogen-bond acceptors (Lipinski definition) is 2. The summed E-state index contributed by atoms with van der Waals surface area (Å²) in [5.41, 5.74) is -1.24. The molecule has 1 aliphatic rings. The SMILES string of the molecule is O=P(O)(O)C1COCC1F. The lowest BCUT2D eigenvalue weighted by atomic mass is 10.3. The summed E-state index contributed by atoms with van der Waals surface area (Å²) in [6.07, 6.45) is -1.51. The summed E-state index contributed by atoms with van der Waals surface area (Å²) in [6, 6.07) is 0. The fraction of sp³-hybridized carbons (Fsp3) is 1.00. The first-order valence-corrected chi connectivity index (χ1v) is 4.47. The van der Waals surface area contributed by atoms with Crippen molar-refractivity contribution in [2.45, 2.75) is 11.8 Å². The molecule has 6 heteroatoms. The van der Waals surface area contributed by atoms with Crippen LogP contribution in [0.1, 0.15) is 0 Å². The van der Waals surface area contributed by atoms with E-state index in [1.165, 1.54) is 0 Å². The van der Waals surface area contributed by atoms with Crippen LogP contribution in [-0.4, -0.2) is 34.8 Å². The molecule has 0 amide bonds. The van der Waals surface area contributed by atoms with Gasteiger partial charge in [0, 0.05) is 0 Å². The standard InChI is InChI=1S/C4H8FO4P/c5-3-1-9-2-4(3)10(6,7)8/h3-4H,1-2H2,(H2,6,7,8). The predicted octanol–water partition coefficient (Wildman–Crippen LogP) is -0.0990. The zero-order chi connectivity index (χ0) is 7.78. The quantitative estimate of drug-likeness (QED) is 0.539. The van der Waals surface area contributed by atoms with Gasteiger partial charge in [0.1, 0.15) is 11.8 Å². The highest BCUT2D eigenvalue weighted by atomic mass is 31.2. The van der Waals surface area contributed by atoms with Crippen molar-refractivity contribution in [3.8, 4) is 0 Å². The molecular weight excluding hydrogens is 162 g/mol. The van der Waals surface area contributed by atoms with Gasteiger partial charge < -0.3 is 14.5 Å². The molecule has 0 radical (unpaired) electrons. The zero-order valence-electron chi connectivity index (χ0n) is 5.11. The molecule has 0 saturated carbocycles. The van der Waals surface area contributed by atoms with Gasteiger partial charge in [-0.25, -0.2) is 4.39 Å². The van der Waals surface area contributed by atoms with E-state index in [1.807, 2.05) is 0 Å². The van der Waals surface area contributed by atoms with Gasteiger partial charge in [0.25, 0.3) is 0 Å². The third-order valence-electron chi connectivity index (χ3n) is 1.42. The topological polar surface area (TPSA) is 66.8 Å². The Balaban J connectivity index is 2.64. The number of rotatable bonds is 1. The summed E-state index contributed by atoms with van der Waals surface area (Å²) in [5.74, 6) is 0. The van der Waals surface area contributed by atoms with Crippen molar-refractivity contribution in [3.63, 3.8) is 0 Å². The maximum Gasteiger partial charge on any atom is 0.333 e. The number of ether oxygens (including phenoxy) is 1. The monoisotopic (exact) mass is 170 g/mol. The molecule has 60 valence electrons. The lowest BCUT2D eigenvalue weighted by Crippen LogP contribution is -2.19. The van der Waals surface area contributed by atoms with Crippen LogP contribution >= 0.6 is 7.60 Å². The van der Waals surface area contributed by atoms with E-state index < -0.39 is 19.4 Å². The summed E-state index contributed by atoms with van der Waals surface area (Å²) in [6.45, 7) is -0.374. The van der Waals surface area contributed by atoms with Crippen LogP contribution in [0, 0.1) is 0 Å². The molecule has 2 N–H and O–H groups in total. The smallest absolute Gasteiger partial charge is 0.333 e. The van der Waals surface area contributed by atoms with Gasteiger partial charge in [-0.05, 0) is 0 Å². The Morgan fingerprint density at radius 1 is 1.50 bits per heavy atom. The molecule has 2 unspecified atom stereocenters. The minimum atomic E-state index is -4.27. The molecule has 0 spiro atoms. The highest BCUT2D eigenvalue weighted by molar-refractivity contribution is 7.52. The fourth-order valence-corrected chi connectivity index (χ4v) is 1.63. The molecule has 1 fully saturated rings. The Hall–Kier alpha value is 0.0400. The van der Waals surface area contributed by atoms with Crippen LogP contribution < -0.4 is 0 Å². The molecule has 0 aliphatic carbocycles. The lowest BCUT2D eigenvalue weighted by molar-refractivity contribution is 0.173. The van der Waals surface area contributed by atoms with E-state index in [4.69, 9.17) is 9.79 Å². The summed E-state index contributed by atoms with van der Waals surface area (Å²) < 4.78 is 27.4. The summed E-state index contributed by atoms with van der Waals surface area (Å²) in [4.78, 5) is 17.0. The minimum absolute atomic E-state index is 0.175. The molecule has 1 aliphatic heterocycles. The molecule has 1 heterocycles. The first kappa shape index (κ1) is 8.14. The van der Waals surface area contributed by atoms with Crippen molar-refractivity contribution >= 4 is 7.60 Å². The van der Waals surface area contributed by atoms with E-state index in [0.29, 0.717) is 0 Å². The van der Waals surface area contributed by atoms with E-state index >= 15 is 0 Å². The molecule has 0 aromatic rings. The van der Waals surface area contributed by atoms with Crippen molar-refractivity contribution in [1.82, 2.24) is 0 Å². The summed E-state index contributed by atoms with van der Waals surface area (Å²) in [5, 5.41) is 0. The first-order valence-electron chi connectivity index (χ1n) is 2.79. The first-order chi connectivity index (χ1) is 4.52. The second kappa shape index (κ2) is 2.58. The number of halogens is 1. The zero-order valence-corrected chi connectivity index (χ0v) is 6.00. The van der Waals surface area contributed by atoms with E-state index in [0.717, 1.165) is 0 Å². The minimum Gasteiger partial charge on any atom is -0.377 e. The second-order valence-corrected chi connectivity index (χ2v) is 4.05. The van der Waals surface area contributed by atoms with Gasteiger partial charge in [-0.3, -0.25) is 4.57 Å². The van der Waals surface area contributed by atoms with Gasteiger partial charge in [-0.2, -0.15) is 0 Å². The van der Waals surface area contributed by atoms with Crippen molar-refractivity contribution in [2.24, 2.45) is 0 Å². The maximum absolute atomic E-state index is 12.5. The molecular formula is C4H8FO4P. The van der Waals surface area contributed by atoms with Gasteiger partial charge in [0.15, 0.2) is 0 Å². The molecule has 0 bridgehead atoms. The Bertz CT molecular complexity index is 167. The highest BCUT2D eigenvalue weighted by Gasteiger charge is 2.41. The van der Waals surface area contributed by atoms with Gasteiger partial charge in [-0.1, -0.05) is 0 Å². The van der Waals surface area contributed by atoms with Gasteiger partial charge in [0.2, 0.25) is 0 Å². The van der Waals surface area contributed by atoms with Crippen LogP contribution in [-0.2, 0) is 9.30 Å². The molecule has 1 saturated heterocycles. The van der Waals surface area contributed by atoms with Gasteiger partial charge in [-0.15, -0.1) is 0 Å². The normalized spacial score (nSPS) is 34.7. The molecule has 1 rings (SSSR count). The van der Waals surface area contributed by atoms with Crippen LogP contribution in [0.5, 0.6) is 0 Å². The highest BCUT2D eigenvalue weighted by Crippen LogP contribution is 2.45. The number of hydrogen-bond donors (Lipinski definition) is 2. The van der Waals surface area contributed by atoms with Crippen LogP contribution in [0.15, 0.2) is 0 Å². The molecule has 0 aromatic heterocycles. The summed E-state index contributed by atoms with van der Waals surface area (Å²) in [7, 11) is -4.27. The average Bonchev–Trinajstić information content (AvgIpc) is 2.11. The lowest BCUT2D eigenvalue weighted by Gasteiger charge is -2.11. The van der Waals surface area contributed by atoms with Crippen LogP contribution in [0.25, 0.3) is 0 Å². The Morgan fingerprint density at radius 3 is 2.30 bits per heavy atom. The molecule has 2 atom stereocenters. The number of alkyl halides is 1. The van der Waals surface area contributed by atoms with E-state index in [9.17, 15) is 8.96 Å². The van der Waals surface area contributed by atoms with E-state index in [2.05, 4.69) is 4.74 Å². The molecule has 4 nitrogen and oxygen atoms in total. The van der Waals surface area contributed by atoms with Crippen molar-refractivity contribution < 1.29 is 23.5 Å². The van der Waals surface area contributed by atoms with Gasteiger partial charge in [0.05, 0.1) is 13.2 Å². The third kappa shape index (κ3) is 1.55. The van der Waals surface area contributed by atoms with Crippen molar-refractivity contribution in [3.05, 3.63) is 0 Å². The Labute approximate surface area is 57.2 Å². The fourth-order valence-electron chi connectivity index (χ4n) is 0.825. The molecule has 0 aromatic carbocycles. The largest absolute Gasteiger partial charge is 0.377 e. The van der Waals surface area contributed by atoms with Crippen molar-refractivity contribution in [1.29, 1.82) is 0 Å². The van der Waals surface area contributed by atoms with E-state index in [-0.39, 0.29) is 13.2 Å². The maximum atomic E-state index is 12.5. The summed E-state index contributed by atoms with van der Waals surface area (Å²) >= 11 is 0. The third-order valence-corrected chi connectivity index (χ3v) is 2.75. The van der Waals surface area contributed by atoms with Crippen LogP contribution in [0.4, 0.5) is 4.39 Å². The Morgan fingerprint density at radius 2 is 2.10 bits per heavy atom. The van der Waals surface area contributed by atoms with Crippen LogP contribution in [0.2, 0.25) is 0 Å². The average molecular weight is 170 g/mol. The van der Waals surface area contributed by atoms with E-state index in [1.54, 1.807) is 0 Å². The molecule has 10 heavy (non-hydrogen) atoms. The second-order valence-electron chi connectivity index (χ2n) is 2.21. The van der Waals surface area contributed by atoms with Crippen molar-refractivity contribution in [2.75, 3.05) is 13.2 Å². The van der Waals surface area contributed by atoms with Gasteiger partial charge >= 0.3 is 7.60 Å². The van der Waals surface area contributed by atoms with Crippen LogP contribution in [0.3, 0.4) is 0 Å². The Kier molecular flexibility index (Phi) is 2.10. The predicted molar refractivity (Wildman–Crippen MR) is 31.5 cm³/mol.